The Morgan fingerprint density at radius 1 is 1.21 bits per heavy atom. The van der Waals surface area contributed by atoms with Crippen LogP contribution in [-0.4, -0.2) is 66.5 Å². The number of nitrogens with two attached hydrogens (primary N) is 1. The molecular formula is C27H41FN6O4. The Morgan fingerprint density at radius 3 is 2.55 bits per heavy atom. The Hall–Kier alpha value is -3.63. The van der Waals surface area contributed by atoms with E-state index in [1.165, 1.54) is 0 Å². The van der Waals surface area contributed by atoms with Gasteiger partial charge in [-0.15, -0.1) is 0 Å². The largest absolute Gasteiger partial charge is 0.445 e. The predicted molar refractivity (Wildman–Crippen MR) is 144 cm³/mol. The summed E-state index contributed by atoms with van der Waals surface area (Å²) < 4.78 is 18.6. The van der Waals surface area contributed by atoms with E-state index in [1.54, 1.807) is 4.90 Å². The zero-order valence-electron chi connectivity index (χ0n) is 22.3. The third-order valence-corrected chi connectivity index (χ3v) is 6.31. The van der Waals surface area contributed by atoms with Gasteiger partial charge >= 0.3 is 6.09 Å². The highest BCUT2D eigenvalue weighted by molar-refractivity contribution is 5.87. The summed E-state index contributed by atoms with van der Waals surface area (Å²) in [7, 11) is 0. The lowest BCUT2D eigenvalue weighted by Gasteiger charge is -2.32. The van der Waals surface area contributed by atoms with Gasteiger partial charge in [-0.25, -0.2) is 9.18 Å². The zero-order valence-corrected chi connectivity index (χ0v) is 22.3. The number of carbonyl (C=O) groups is 3. The fraction of sp³-hybridized carbons (Fsp3) is 0.556. The van der Waals surface area contributed by atoms with Gasteiger partial charge in [0.1, 0.15) is 19.3 Å². The highest BCUT2D eigenvalue weighted by atomic mass is 19.1. The number of Topliss-reactive ketones (excluding diaryl/α,β-unsaturated/α-hetero) is 1. The SMILES string of the molecule is C=C(N[C@@H](CCCNC(=N)N)C(=O)CF)[C@@H]1CCCN1C(=O)[C@H](CC(C)C)NC(=O)OCc1ccccc1. The number of carbonyl (C=O) groups excluding carboxylic acids is 3. The molecule has 1 saturated heterocycles. The van der Waals surface area contributed by atoms with Gasteiger partial charge in [0.05, 0.1) is 12.1 Å². The average Bonchev–Trinajstić information content (AvgIpc) is 3.38. The summed E-state index contributed by atoms with van der Waals surface area (Å²) >= 11 is 0. The van der Waals surface area contributed by atoms with Crippen molar-refractivity contribution in [1.82, 2.24) is 20.9 Å². The zero-order chi connectivity index (χ0) is 28.1. The Labute approximate surface area is 224 Å². The predicted octanol–water partition coefficient (Wildman–Crippen LogP) is 2.59. The minimum Gasteiger partial charge on any atom is -0.445 e. The van der Waals surface area contributed by atoms with Crippen molar-refractivity contribution in [2.24, 2.45) is 11.7 Å². The monoisotopic (exact) mass is 532 g/mol. The molecule has 2 amide bonds. The van der Waals surface area contributed by atoms with Gasteiger partial charge < -0.3 is 31.3 Å². The molecule has 0 aliphatic carbocycles. The minimum absolute atomic E-state index is 0.0915. The van der Waals surface area contributed by atoms with Crippen LogP contribution in [0.1, 0.15) is 51.5 Å². The van der Waals surface area contributed by atoms with Crippen LogP contribution in [0.2, 0.25) is 0 Å². The summed E-state index contributed by atoms with van der Waals surface area (Å²) in [6.07, 6.45) is 1.91. The summed E-state index contributed by atoms with van der Waals surface area (Å²) in [5, 5.41) is 15.6. The summed E-state index contributed by atoms with van der Waals surface area (Å²) in [4.78, 5) is 40.0. The van der Waals surface area contributed by atoms with Crippen LogP contribution in [0.5, 0.6) is 0 Å². The number of likely N-dealkylation sites (tertiary alicyclic amines) is 1. The van der Waals surface area contributed by atoms with Crippen LogP contribution in [0.4, 0.5) is 9.18 Å². The second-order valence-electron chi connectivity index (χ2n) is 9.88. The van der Waals surface area contributed by atoms with Gasteiger partial charge in [-0.3, -0.25) is 15.0 Å². The first kappa shape index (κ1) is 30.6. The van der Waals surface area contributed by atoms with Crippen molar-refractivity contribution in [1.29, 1.82) is 5.41 Å². The number of hydrogen-bond acceptors (Lipinski definition) is 6. The standard InChI is InChI=1S/C27H41FN6O4/c1-18(2)15-22(33-27(37)38-17-20-9-5-4-6-10-20)25(36)34-14-8-12-23(34)19(3)32-21(24(35)16-28)11-7-13-31-26(29)30/h4-6,9-10,18,21-23,32H,3,7-8,11-17H2,1-2H3,(H,33,37)(H4,29,30,31)/t21-,22-,23-/m0/s1. The van der Waals surface area contributed by atoms with E-state index in [9.17, 15) is 18.8 Å². The molecule has 1 aliphatic rings. The lowest BCUT2D eigenvalue weighted by Crippen LogP contribution is -2.52. The number of rotatable bonds is 15. The minimum atomic E-state index is -1.12. The van der Waals surface area contributed by atoms with Crippen molar-refractivity contribution in [2.75, 3.05) is 19.8 Å². The molecule has 0 saturated carbocycles. The van der Waals surface area contributed by atoms with Crippen molar-refractivity contribution >= 4 is 23.7 Å². The van der Waals surface area contributed by atoms with Crippen molar-refractivity contribution in [3.8, 4) is 0 Å². The number of alkyl carbamates (subject to hydrolysis) is 1. The van der Waals surface area contributed by atoms with E-state index < -0.39 is 36.7 Å². The Kier molecular flexibility index (Phi) is 12.5. The molecule has 0 unspecified atom stereocenters. The summed E-state index contributed by atoms with van der Waals surface area (Å²) in [6.45, 7) is 7.81. The third kappa shape index (κ3) is 10.0. The number of guanidine groups is 1. The molecule has 11 heteroatoms. The summed E-state index contributed by atoms with van der Waals surface area (Å²) in [5.74, 6) is -0.898. The number of hydrogen-bond donors (Lipinski definition) is 5. The smallest absolute Gasteiger partial charge is 0.408 e. The maximum atomic E-state index is 13.6. The van der Waals surface area contributed by atoms with Gasteiger partial charge in [-0.05, 0) is 43.6 Å². The number of alkyl halides is 1. The van der Waals surface area contributed by atoms with Gasteiger partial charge in [0.25, 0.3) is 0 Å². The molecule has 210 valence electrons. The molecule has 1 heterocycles. The molecule has 38 heavy (non-hydrogen) atoms. The summed E-state index contributed by atoms with van der Waals surface area (Å²) in [6, 6.07) is 7.28. The van der Waals surface area contributed by atoms with E-state index in [0.717, 1.165) is 12.0 Å². The van der Waals surface area contributed by atoms with E-state index in [2.05, 4.69) is 22.5 Å². The molecule has 0 aromatic heterocycles. The van der Waals surface area contributed by atoms with E-state index in [4.69, 9.17) is 15.9 Å². The van der Waals surface area contributed by atoms with E-state index in [0.29, 0.717) is 44.5 Å². The number of nitrogens with zero attached hydrogens (tertiary/aromatic N) is 1. The van der Waals surface area contributed by atoms with Gasteiger partial charge in [0.2, 0.25) is 5.91 Å². The van der Waals surface area contributed by atoms with Crippen LogP contribution in [-0.2, 0) is 20.9 Å². The number of ether oxygens (including phenoxy) is 1. The van der Waals surface area contributed by atoms with Crippen LogP contribution in [0.3, 0.4) is 0 Å². The molecule has 1 fully saturated rings. The number of ketones is 1. The Balaban J connectivity index is 2.03. The van der Waals surface area contributed by atoms with Gasteiger partial charge in [0, 0.05) is 18.8 Å². The maximum absolute atomic E-state index is 13.6. The first-order chi connectivity index (χ1) is 18.1. The van der Waals surface area contributed by atoms with Crippen molar-refractivity contribution in [3.05, 3.63) is 48.2 Å². The molecule has 6 N–H and O–H groups in total. The number of benzene rings is 1. The van der Waals surface area contributed by atoms with Crippen LogP contribution in [0.25, 0.3) is 0 Å². The third-order valence-electron chi connectivity index (χ3n) is 6.31. The molecule has 1 aromatic carbocycles. The van der Waals surface area contributed by atoms with Crippen molar-refractivity contribution < 1.29 is 23.5 Å². The Morgan fingerprint density at radius 2 is 1.92 bits per heavy atom. The first-order valence-electron chi connectivity index (χ1n) is 13.0. The van der Waals surface area contributed by atoms with Crippen LogP contribution in [0.15, 0.2) is 42.6 Å². The number of nitrogens with one attached hydrogen (secondary N) is 4. The molecule has 0 bridgehead atoms. The summed E-state index contributed by atoms with van der Waals surface area (Å²) in [5.41, 5.74) is 6.57. The van der Waals surface area contributed by atoms with Crippen LogP contribution < -0.4 is 21.7 Å². The van der Waals surface area contributed by atoms with Gasteiger partial charge in [0.15, 0.2) is 11.7 Å². The van der Waals surface area contributed by atoms with E-state index in [1.807, 2.05) is 44.2 Å². The fourth-order valence-corrected chi connectivity index (χ4v) is 4.45. The fourth-order valence-electron chi connectivity index (χ4n) is 4.45. The normalized spacial score (nSPS) is 16.4. The van der Waals surface area contributed by atoms with Gasteiger partial charge in [-0.1, -0.05) is 50.8 Å². The van der Waals surface area contributed by atoms with Crippen LogP contribution in [0, 0.1) is 11.3 Å². The maximum Gasteiger partial charge on any atom is 0.408 e. The number of halogens is 1. The highest BCUT2D eigenvalue weighted by Crippen LogP contribution is 2.24. The second-order valence-corrected chi connectivity index (χ2v) is 9.88. The van der Waals surface area contributed by atoms with Gasteiger partial charge in [-0.2, -0.15) is 0 Å². The second kappa shape index (κ2) is 15.6. The lowest BCUT2D eigenvalue weighted by atomic mass is 10.0. The molecular weight excluding hydrogens is 491 g/mol. The van der Waals surface area contributed by atoms with E-state index in [-0.39, 0.29) is 24.4 Å². The molecule has 3 atom stereocenters. The molecule has 1 aromatic rings. The molecule has 0 spiro atoms. The van der Waals surface area contributed by atoms with Crippen molar-refractivity contribution in [3.63, 3.8) is 0 Å². The average molecular weight is 533 g/mol. The first-order valence-corrected chi connectivity index (χ1v) is 13.0. The van der Waals surface area contributed by atoms with Crippen LogP contribution >= 0.6 is 0 Å². The topological polar surface area (TPSA) is 150 Å². The molecule has 2 rings (SSSR count). The number of amides is 2. The van der Waals surface area contributed by atoms with E-state index >= 15 is 0 Å². The Bertz CT molecular complexity index is 958. The van der Waals surface area contributed by atoms with Crippen molar-refractivity contribution in [2.45, 2.75) is 70.7 Å². The molecule has 1 aliphatic heterocycles. The molecule has 0 radical (unpaired) electrons. The quantitative estimate of drug-likeness (QED) is 0.132. The molecule has 10 nitrogen and oxygen atoms in total. The lowest BCUT2D eigenvalue weighted by molar-refractivity contribution is -0.134. The highest BCUT2D eigenvalue weighted by Gasteiger charge is 2.36.